The van der Waals surface area contributed by atoms with E-state index in [0.29, 0.717) is 43.4 Å². The third-order valence-corrected chi connectivity index (χ3v) is 6.41. The van der Waals surface area contributed by atoms with E-state index in [4.69, 9.17) is 0 Å². The second-order valence-electron chi connectivity index (χ2n) is 9.40. The van der Waals surface area contributed by atoms with Crippen molar-refractivity contribution < 1.29 is 34.2 Å². The lowest BCUT2D eigenvalue weighted by Gasteiger charge is -2.37. The van der Waals surface area contributed by atoms with Crippen molar-refractivity contribution in [1.29, 1.82) is 0 Å². The topological polar surface area (TPSA) is 115 Å². The largest absolute Gasteiger partial charge is 0.550 e. The minimum atomic E-state index is -1.10. The van der Waals surface area contributed by atoms with E-state index < -0.39 is 35.7 Å². The van der Waals surface area contributed by atoms with E-state index in [1.165, 1.54) is 25.7 Å². The van der Waals surface area contributed by atoms with Gasteiger partial charge in [0.15, 0.2) is 0 Å². The summed E-state index contributed by atoms with van der Waals surface area (Å²) < 4.78 is 0.405. The summed E-state index contributed by atoms with van der Waals surface area (Å²) in [4.78, 5) is 33.9. The van der Waals surface area contributed by atoms with Gasteiger partial charge in [0.2, 0.25) is 0 Å². The molecule has 0 amide bonds. The predicted molar refractivity (Wildman–Crippen MR) is 124 cm³/mol. The zero-order valence-electron chi connectivity index (χ0n) is 20.6. The minimum Gasteiger partial charge on any atom is -0.550 e. The molecule has 0 aliphatic heterocycles. The third-order valence-electron chi connectivity index (χ3n) is 6.41. The van der Waals surface area contributed by atoms with Crippen LogP contribution in [-0.4, -0.2) is 52.2 Å². The summed E-state index contributed by atoms with van der Waals surface area (Å²) in [5.74, 6) is -4.47. The van der Waals surface area contributed by atoms with Gasteiger partial charge in [-0.3, -0.25) is 14.1 Å². The van der Waals surface area contributed by atoms with Gasteiger partial charge in [0.25, 0.3) is 0 Å². The Morgan fingerprint density at radius 1 is 0.781 bits per heavy atom. The Labute approximate surface area is 194 Å². The Hall–Kier alpha value is -1.89. The summed E-state index contributed by atoms with van der Waals surface area (Å²) in [5.41, 5.74) is 0. The molecule has 7 heteroatoms. The molecule has 7 nitrogen and oxygen atoms in total. The minimum absolute atomic E-state index is 0.395. The van der Waals surface area contributed by atoms with Crippen LogP contribution in [0.4, 0.5) is 0 Å². The van der Waals surface area contributed by atoms with Crippen LogP contribution in [0, 0.1) is 17.8 Å². The first kappa shape index (κ1) is 30.1. The highest BCUT2D eigenvalue weighted by molar-refractivity contribution is 5.69. The fourth-order valence-corrected chi connectivity index (χ4v) is 3.62. The molecule has 0 aliphatic carbocycles. The normalized spacial score (nSPS) is 16.4. The summed E-state index contributed by atoms with van der Waals surface area (Å²) in [6.07, 6.45) is 13.6. The molecular formula is C25H45NO6. The van der Waals surface area contributed by atoms with Gasteiger partial charge in [0.1, 0.15) is 0 Å². The number of aliphatic carboxylic acids is 3. The maximum absolute atomic E-state index is 11.3. The Kier molecular flexibility index (Phi) is 15.7. The summed E-state index contributed by atoms with van der Waals surface area (Å²) >= 11 is 0. The van der Waals surface area contributed by atoms with Crippen LogP contribution in [0.2, 0.25) is 0 Å². The molecule has 0 bridgehead atoms. The second-order valence-corrected chi connectivity index (χ2v) is 9.40. The molecule has 0 fully saturated rings. The fourth-order valence-electron chi connectivity index (χ4n) is 3.62. The lowest BCUT2D eigenvalue weighted by molar-refractivity contribution is -0.881. The van der Waals surface area contributed by atoms with Crippen LogP contribution in [-0.2, 0) is 14.4 Å². The highest BCUT2D eigenvalue weighted by Crippen LogP contribution is 2.21. The standard InChI is InChI=1S/C25H45NO6/c1-5-6-7-8-9-10-11-12-16-26(17-13-20(2)23(27)28,18-14-21(3)24(29)30)19-15-22(4)25(31)32/h12,16,20-22H,5-11,13-15,17-19H2,1-4H3,(H2-,27,28,29,30,31,32)/b16-12+. The Balaban J connectivity index is 5.36. The molecule has 0 aromatic heterocycles. The summed E-state index contributed by atoms with van der Waals surface area (Å²) in [7, 11) is 0. The first-order valence-electron chi connectivity index (χ1n) is 12.2. The molecule has 0 aromatic rings. The number of carboxylic acids is 3. The maximum Gasteiger partial charge on any atom is 0.306 e. The van der Waals surface area contributed by atoms with Crippen molar-refractivity contribution in [3.05, 3.63) is 12.3 Å². The maximum atomic E-state index is 11.3. The zero-order valence-corrected chi connectivity index (χ0v) is 20.6. The summed E-state index contributed by atoms with van der Waals surface area (Å²) in [6, 6.07) is 0. The van der Waals surface area contributed by atoms with Crippen molar-refractivity contribution in [3.8, 4) is 0 Å². The average molecular weight is 456 g/mol. The van der Waals surface area contributed by atoms with Gasteiger partial charge in [0.05, 0.1) is 37.7 Å². The van der Waals surface area contributed by atoms with E-state index in [0.717, 1.165) is 19.3 Å². The van der Waals surface area contributed by atoms with Crippen LogP contribution in [0.25, 0.3) is 0 Å². The first-order chi connectivity index (χ1) is 15.0. The Bertz CT molecular complexity index is 529. The van der Waals surface area contributed by atoms with Gasteiger partial charge < -0.3 is 20.1 Å². The quantitative estimate of drug-likeness (QED) is 0.211. The van der Waals surface area contributed by atoms with Crippen molar-refractivity contribution >= 4 is 17.9 Å². The number of hydrogen-bond acceptors (Lipinski definition) is 4. The molecule has 0 aromatic carbocycles. The lowest BCUT2D eigenvalue weighted by atomic mass is 10.0. The van der Waals surface area contributed by atoms with E-state index in [-0.39, 0.29) is 0 Å². The molecule has 186 valence electrons. The number of carbonyl (C=O) groups is 3. The molecule has 0 heterocycles. The smallest absolute Gasteiger partial charge is 0.306 e. The van der Waals surface area contributed by atoms with Crippen molar-refractivity contribution in [1.82, 2.24) is 0 Å². The summed E-state index contributed by atoms with van der Waals surface area (Å²) in [6.45, 7) is 8.73. The number of quaternary nitrogens is 1. The van der Waals surface area contributed by atoms with Gasteiger partial charge in [-0.15, -0.1) is 0 Å². The fraction of sp³-hybridized carbons (Fsp3) is 0.800. The molecule has 0 aliphatic rings. The highest BCUT2D eigenvalue weighted by Gasteiger charge is 2.29. The molecule has 0 saturated carbocycles. The van der Waals surface area contributed by atoms with Crippen LogP contribution in [0.15, 0.2) is 12.3 Å². The van der Waals surface area contributed by atoms with Crippen molar-refractivity contribution in [2.24, 2.45) is 17.8 Å². The molecule has 0 saturated heterocycles. The summed E-state index contributed by atoms with van der Waals surface area (Å²) in [5, 5.41) is 29.9. The molecule has 2 N–H and O–H groups in total. The number of unbranched alkanes of at least 4 members (excludes halogenated alkanes) is 6. The van der Waals surface area contributed by atoms with E-state index in [9.17, 15) is 29.7 Å². The average Bonchev–Trinajstić information content (AvgIpc) is 2.75. The molecule has 3 atom stereocenters. The number of hydrogen-bond donors (Lipinski definition) is 2. The van der Waals surface area contributed by atoms with Crippen LogP contribution in [0.5, 0.6) is 0 Å². The highest BCUT2D eigenvalue weighted by atomic mass is 16.4. The van der Waals surface area contributed by atoms with Gasteiger partial charge in [-0.05, 0) is 18.9 Å². The van der Waals surface area contributed by atoms with E-state index in [2.05, 4.69) is 19.2 Å². The SMILES string of the molecule is CCCCCCCC/C=C/[N+](CCC(C)C(=O)[O-])(CCC(C)C(=O)O)CCC(C)C(=O)O. The van der Waals surface area contributed by atoms with Crippen molar-refractivity contribution in [3.63, 3.8) is 0 Å². The van der Waals surface area contributed by atoms with Crippen molar-refractivity contribution in [2.45, 2.75) is 91.9 Å². The molecule has 3 unspecified atom stereocenters. The Morgan fingerprint density at radius 3 is 1.66 bits per heavy atom. The number of rotatable bonds is 20. The van der Waals surface area contributed by atoms with Gasteiger partial charge in [0, 0.05) is 31.1 Å². The lowest BCUT2D eigenvalue weighted by Crippen LogP contribution is -2.48. The van der Waals surface area contributed by atoms with Gasteiger partial charge >= 0.3 is 11.9 Å². The number of allylic oxidation sites excluding steroid dienone is 1. The number of carboxylic acid groups (broad SMARTS) is 3. The van der Waals surface area contributed by atoms with Gasteiger partial charge in [-0.2, -0.15) is 0 Å². The van der Waals surface area contributed by atoms with E-state index in [1.54, 1.807) is 20.8 Å². The molecule has 32 heavy (non-hydrogen) atoms. The number of nitrogens with zero attached hydrogens (tertiary/aromatic N) is 1. The zero-order chi connectivity index (χ0) is 24.6. The molecule has 0 rings (SSSR count). The third kappa shape index (κ3) is 13.5. The Morgan fingerprint density at radius 2 is 1.22 bits per heavy atom. The second kappa shape index (κ2) is 16.7. The molecule has 0 spiro atoms. The van der Waals surface area contributed by atoms with Crippen LogP contribution in [0.3, 0.4) is 0 Å². The van der Waals surface area contributed by atoms with Crippen LogP contribution < -0.4 is 5.11 Å². The van der Waals surface area contributed by atoms with E-state index in [1.807, 2.05) is 0 Å². The number of carbonyl (C=O) groups excluding carboxylic acids is 1. The molecule has 0 radical (unpaired) electrons. The van der Waals surface area contributed by atoms with Crippen LogP contribution >= 0.6 is 0 Å². The van der Waals surface area contributed by atoms with Gasteiger partial charge in [-0.1, -0.05) is 59.8 Å². The van der Waals surface area contributed by atoms with Crippen molar-refractivity contribution in [2.75, 3.05) is 19.6 Å². The predicted octanol–water partition coefficient (Wildman–Crippen LogP) is 4.07. The van der Waals surface area contributed by atoms with Gasteiger partial charge in [-0.25, -0.2) is 0 Å². The van der Waals surface area contributed by atoms with E-state index >= 15 is 0 Å². The van der Waals surface area contributed by atoms with Crippen LogP contribution in [0.1, 0.15) is 91.9 Å². The monoisotopic (exact) mass is 455 g/mol. The molecular weight excluding hydrogens is 410 g/mol. The first-order valence-corrected chi connectivity index (χ1v) is 12.2.